The smallest absolute Gasteiger partial charge is 0.239 e. The molecule has 0 saturated heterocycles. The molecule has 0 aliphatic heterocycles. The Morgan fingerprint density at radius 3 is 2.02 bits per heavy atom. The zero-order valence-electron chi connectivity index (χ0n) is 22.7. The Bertz CT molecular complexity index is 1260. The normalized spacial score (nSPS) is 13.3. The molecule has 2 unspecified atom stereocenters. The summed E-state index contributed by atoms with van der Waals surface area (Å²) in [5, 5.41) is 5.57. The number of nitrogens with one attached hydrogen (secondary N) is 4. The number of carbonyl (C=O) groups is 2. The Morgan fingerprint density at radius 2 is 1.40 bits per heavy atom. The number of hydrogen-bond donors (Lipinski definition) is 4. The van der Waals surface area contributed by atoms with E-state index in [0.717, 1.165) is 11.1 Å². The van der Waals surface area contributed by atoms with Gasteiger partial charge in [0.2, 0.25) is 31.9 Å². The van der Waals surface area contributed by atoms with E-state index < -0.39 is 38.0 Å². The highest BCUT2D eigenvalue weighted by atomic mass is 33.1. The van der Waals surface area contributed by atoms with E-state index in [-0.39, 0.29) is 36.1 Å². The van der Waals surface area contributed by atoms with Crippen LogP contribution in [0, 0.1) is 0 Å². The van der Waals surface area contributed by atoms with Crippen LogP contribution in [0.1, 0.15) is 37.4 Å². The van der Waals surface area contributed by atoms with Crippen LogP contribution in [0.2, 0.25) is 0 Å². The molecule has 0 aliphatic rings. The molecule has 40 heavy (non-hydrogen) atoms. The Labute approximate surface area is 245 Å². The average Bonchev–Trinajstić information content (AvgIpc) is 2.95. The summed E-state index contributed by atoms with van der Waals surface area (Å²) in [5.74, 6) is -0.240. The van der Waals surface area contributed by atoms with Crippen molar-refractivity contribution in [3.63, 3.8) is 0 Å². The summed E-state index contributed by atoms with van der Waals surface area (Å²) in [4.78, 5) is 25.1. The van der Waals surface area contributed by atoms with E-state index in [1.807, 2.05) is 36.4 Å². The quantitative estimate of drug-likeness (QED) is 0.136. The van der Waals surface area contributed by atoms with E-state index in [9.17, 15) is 26.4 Å². The number of carbonyl (C=O) groups excluding carboxylic acids is 2. The van der Waals surface area contributed by atoms with Crippen molar-refractivity contribution >= 4 is 53.4 Å². The van der Waals surface area contributed by atoms with Crippen molar-refractivity contribution in [1.29, 1.82) is 0 Å². The van der Waals surface area contributed by atoms with Crippen molar-refractivity contribution in [2.24, 2.45) is 0 Å². The number of amides is 2. The van der Waals surface area contributed by atoms with Gasteiger partial charge in [-0.15, -0.1) is 0 Å². The summed E-state index contributed by atoms with van der Waals surface area (Å²) in [6.45, 7) is 3.53. The molecule has 2 aromatic carbocycles. The molecule has 4 N–H and O–H groups in total. The van der Waals surface area contributed by atoms with Crippen LogP contribution in [0.3, 0.4) is 0 Å². The van der Waals surface area contributed by atoms with E-state index in [0.29, 0.717) is 18.7 Å². The van der Waals surface area contributed by atoms with Gasteiger partial charge in [-0.05, 0) is 31.4 Å². The van der Waals surface area contributed by atoms with E-state index in [4.69, 9.17) is 0 Å². The van der Waals surface area contributed by atoms with Crippen molar-refractivity contribution in [3.05, 3.63) is 71.8 Å². The molecular formula is C26H38N4O6S4. The molecule has 0 radical (unpaired) electrons. The lowest BCUT2D eigenvalue weighted by Gasteiger charge is -2.19. The fraction of sp³-hybridized carbons (Fsp3) is 0.462. The van der Waals surface area contributed by atoms with E-state index in [1.165, 1.54) is 28.5 Å². The van der Waals surface area contributed by atoms with Crippen LogP contribution in [-0.4, -0.2) is 70.8 Å². The highest BCUT2D eigenvalue weighted by Gasteiger charge is 2.24. The molecule has 0 saturated carbocycles. The highest BCUT2D eigenvalue weighted by molar-refractivity contribution is 8.76. The minimum absolute atomic E-state index is 0.0708. The van der Waals surface area contributed by atoms with Gasteiger partial charge in [0, 0.05) is 31.0 Å². The molecule has 0 heterocycles. The third kappa shape index (κ3) is 13.5. The molecule has 0 bridgehead atoms. The van der Waals surface area contributed by atoms with Crippen molar-refractivity contribution < 1.29 is 26.4 Å². The first-order valence-electron chi connectivity index (χ1n) is 12.9. The third-order valence-electron chi connectivity index (χ3n) is 5.71. The molecular weight excluding hydrogens is 593 g/mol. The van der Waals surface area contributed by atoms with Gasteiger partial charge in [0.05, 0.1) is 17.5 Å². The van der Waals surface area contributed by atoms with Crippen molar-refractivity contribution in [2.45, 2.75) is 38.8 Å². The summed E-state index contributed by atoms with van der Waals surface area (Å²) in [5.41, 5.74) is 1.81. The van der Waals surface area contributed by atoms with Gasteiger partial charge >= 0.3 is 0 Å². The zero-order chi connectivity index (χ0) is 29.4. The van der Waals surface area contributed by atoms with Gasteiger partial charge < -0.3 is 10.6 Å². The maximum atomic E-state index is 12.7. The second kappa shape index (κ2) is 17.7. The minimum atomic E-state index is -3.60. The number of sulfonamides is 2. The van der Waals surface area contributed by atoms with Crippen molar-refractivity contribution in [2.75, 3.05) is 36.1 Å². The molecule has 222 valence electrons. The molecule has 0 aliphatic carbocycles. The number of benzene rings is 2. The van der Waals surface area contributed by atoms with Gasteiger partial charge in [0.15, 0.2) is 0 Å². The Balaban J connectivity index is 1.80. The summed E-state index contributed by atoms with van der Waals surface area (Å²) < 4.78 is 53.5. The molecule has 0 aromatic heterocycles. The fourth-order valence-electron chi connectivity index (χ4n) is 3.39. The highest BCUT2D eigenvalue weighted by Crippen LogP contribution is 2.23. The SMILES string of the molecule is CCS(=O)(=O)NC(CSSCCC(=O)NCC(NS(=O)(=O)CC)c1ccccc1)C(=O)NCCc1ccccc1. The summed E-state index contributed by atoms with van der Waals surface area (Å²) >= 11 is 0. The predicted molar refractivity (Wildman–Crippen MR) is 164 cm³/mol. The van der Waals surface area contributed by atoms with Crippen molar-refractivity contribution in [1.82, 2.24) is 20.1 Å². The van der Waals surface area contributed by atoms with Crippen LogP contribution in [0.5, 0.6) is 0 Å². The van der Waals surface area contributed by atoms with Crippen molar-refractivity contribution in [3.8, 4) is 0 Å². The fourth-order valence-corrected chi connectivity index (χ4v) is 7.26. The lowest BCUT2D eigenvalue weighted by Crippen LogP contribution is -2.48. The number of hydrogen-bond acceptors (Lipinski definition) is 8. The minimum Gasteiger partial charge on any atom is -0.354 e. The maximum Gasteiger partial charge on any atom is 0.239 e. The van der Waals surface area contributed by atoms with Crippen LogP contribution < -0.4 is 20.1 Å². The lowest BCUT2D eigenvalue weighted by atomic mass is 10.1. The van der Waals surface area contributed by atoms with Crippen LogP contribution >= 0.6 is 21.6 Å². The topological polar surface area (TPSA) is 151 Å². The van der Waals surface area contributed by atoms with Crippen LogP contribution in [0.25, 0.3) is 0 Å². The molecule has 10 nitrogen and oxygen atoms in total. The third-order valence-corrected chi connectivity index (χ3v) is 10.9. The summed E-state index contributed by atoms with van der Waals surface area (Å²) in [6.07, 6.45) is 0.802. The van der Waals surface area contributed by atoms with Crippen LogP contribution in [0.4, 0.5) is 0 Å². The molecule has 2 rings (SSSR count). The Kier molecular flexibility index (Phi) is 15.1. The summed E-state index contributed by atoms with van der Waals surface area (Å²) in [6, 6.07) is 17.1. The second-order valence-electron chi connectivity index (χ2n) is 8.75. The van der Waals surface area contributed by atoms with Gasteiger partial charge in [-0.2, -0.15) is 0 Å². The first-order valence-corrected chi connectivity index (χ1v) is 18.7. The average molecular weight is 631 g/mol. The maximum absolute atomic E-state index is 12.7. The van der Waals surface area contributed by atoms with Gasteiger partial charge in [-0.25, -0.2) is 26.3 Å². The first-order chi connectivity index (χ1) is 19.0. The lowest BCUT2D eigenvalue weighted by molar-refractivity contribution is -0.122. The molecule has 0 spiro atoms. The predicted octanol–water partition coefficient (Wildman–Crippen LogP) is 2.22. The zero-order valence-corrected chi connectivity index (χ0v) is 25.9. The molecule has 2 atom stereocenters. The first kappa shape index (κ1) is 34.1. The van der Waals surface area contributed by atoms with Crippen LogP contribution in [-0.2, 0) is 36.1 Å². The van der Waals surface area contributed by atoms with Gasteiger partial charge in [0.1, 0.15) is 6.04 Å². The van der Waals surface area contributed by atoms with E-state index >= 15 is 0 Å². The molecule has 2 amide bonds. The van der Waals surface area contributed by atoms with Crippen LogP contribution in [0.15, 0.2) is 60.7 Å². The second-order valence-corrected chi connectivity index (χ2v) is 15.5. The van der Waals surface area contributed by atoms with Gasteiger partial charge in [0.25, 0.3) is 0 Å². The monoisotopic (exact) mass is 630 g/mol. The van der Waals surface area contributed by atoms with E-state index in [1.54, 1.807) is 31.2 Å². The summed E-state index contributed by atoms with van der Waals surface area (Å²) in [7, 11) is -4.42. The van der Waals surface area contributed by atoms with Gasteiger partial charge in [-0.1, -0.05) is 82.3 Å². The molecule has 2 aromatic rings. The van der Waals surface area contributed by atoms with Gasteiger partial charge in [-0.3, -0.25) is 9.59 Å². The molecule has 14 heteroatoms. The Morgan fingerprint density at radius 1 is 0.800 bits per heavy atom. The Hall–Kier alpha value is -2.10. The molecule has 0 fully saturated rings. The number of rotatable bonds is 19. The van der Waals surface area contributed by atoms with E-state index in [2.05, 4.69) is 20.1 Å². The standard InChI is InChI=1S/C26H38N4O6S4/c1-3-39(33,34)29-23(22-13-9-6-10-14-22)19-28-25(31)16-18-37-38-20-24(30-40(35,36)4-2)26(32)27-17-15-21-11-7-5-8-12-21/h5-14,23-24,29-30H,3-4,15-20H2,1-2H3,(H,27,32)(H,28,31). The largest absolute Gasteiger partial charge is 0.354 e.